The summed E-state index contributed by atoms with van der Waals surface area (Å²) < 4.78 is 77.6. The Balaban J connectivity index is 1.69. The molecule has 0 radical (unpaired) electrons. The average molecular weight is 446 g/mol. The van der Waals surface area contributed by atoms with Crippen LogP contribution in [0.3, 0.4) is 0 Å². The Bertz CT molecular complexity index is 523. The van der Waals surface area contributed by atoms with Crippen LogP contribution in [0, 0.1) is 11.8 Å². The molecule has 0 aromatic carbocycles. The van der Waals surface area contributed by atoms with Gasteiger partial charge in [-0.1, -0.05) is 12.2 Å². The Morgan fingerprint density at radius 2 is 0.933 bits per heavy atom. The van der Waals surface area contributed by atoms with Gasteiger partial charge in [-0.2, -0.15) is 26.3 Å². The fraction of sp³-hybridized carbons (Fsp3) is 0.900. The zero-order chi connectivity index (χ0) is 22.8. The first-order chi connectivity index (χ1) is 13.7. The van der Waals surface area contributed by atoms with Gasteiger partial charge < -0.3 is 10.2 Å². The van der Waals surface area contributed by atoms with Crippen LogP contribution in [0.1, 0.15) is 39.5 Å². The van der Waals surface area contributed by atoms with E-state index in [4.69, 9.17) is 0 Å². The first-order valence-electron chi connectivity index (χ1n) is 10.3. The highest BCUT2D eigenvalue weighted by Crippen LogP contribution is 2.41. The average Bonchev–Trinajstić information content (AvgIpc) is 2.64. The molecule has 2 atom stereocenters. The van der Waals surface area contributed by atoms with Gasteiger partial charge >= 0.3 is 12.4 Å². The van der Waals surface area contributed by atoms with E-state index in [0.29, 0.717) is 39.3 Å². The van der Waals surface area contributed by atoms with E-state index in [1.54, 1.807) is 0 Å². The molecule has 0 aliphatic carbocycles. The summed E-state index contributed by atoms with van der Waals surface area (Å²) in [4.78, 5) is 4.04. The lowest BCUT2D eigenvalue weighted by Crippen LogP contribution is -2.52. The van der Waals surface area contributed by atoms with Crippen LogP contribution in [-0.4, -0.2) is 82.8 Å². The highest BCUT2D eigenvalue weighted by atomic mass is 19.4. The molecule has 2 aliphatic rings. The van der Waals surface area contributed by atoms with Gasteiger partial charge in [0, 0.05) is 13.1 Å². The summed E-state index contributed by atoms with van der Waals surface area (Å²) in [6.07, 6.45) is -4.36. The summed E-state index contributed by atoms with van der Waals surface area (Å²) >= 11 is 0. The van der Waals surface area contributed by atoms with E-state index in [2.05, 4.69) is 0 Å². The Morgan fingerprint density at radius 3 is 1.17 bits per heavy atom. The lowest BCUT2D eigenvalue weighted by atomic mass is 9.81. The monoisotopic (exact) mass is 446 g/mol. The molecule has 30 heavy (non-hydrogen) atoms. The molecule has 10 heteroatoms. The van der Waals surface area contributed by atoms with E-state index in [9.17, 15) is 36.6 Å². The van der Waals surface area contributed by atoms with Gasteiger partial charge in [-0.25, -0.2) is 0 Å². The maximum Gasteiger partial charge on any atom is 0.417 e. The first kappa shape index (κ1) is 25.4. The molecule has 2 rings (SSSR count). The van der Waals surface area contributed by atoms with E-state index in [1.807, 2.05) is 22.0 Å². The maximum atomic E-state index is 12.9. The van der Waals surface area contributed by atoms with Crippen molar-refractivity contribution in [2.75, 3.05) is 39.3 Å². The molecule has 2 fully saturated rings. The molecule has 0 bridgehead atoms. The zero-order valence-corrected chi connectivity index (χ0v) is 17.4. The summed E-state index contributed by atoms with van der Waals surface area (Å²) in [7, 11) is 0. The predicted octanol–water partition coefficient (Wildman–Crippen LogP) is 3.59. The predicted molar refractivity (Wildman–Crippen MR) is 101 cm³/mol. The molecule has 2 aliphatic heterocycles. The van der Waals surface area contributed by atoms with Crippen molar-refractivity contribution in [3.8, 4) is 0 Å². The van der Waals surface area contributed by atoms with Crippen molar-refractivity contribution >= 4 is 0 Å². The van der Waals surface area contributed by atoms with Gasteiger partial charge in [0.15, 0.2) is 11.2 Å². The summed E-state index contributed by atoms with van der Waals surface area (Å²) in [5, 5.41) is 19.6. The number of alkyl halides is 6. The second-order valence-corrected chi connectivity index (χ2v) is 8.91. The molecular weight excluding hydrogens is 414 g/mol. The molecule has 2 saturated heterocycles. The van der Waals surface area contributed by atoms with E-state index in [1.165, 1.54) is 0 Å². The topological polar surface area (TPSA) is 46.9 Å². The number of nitrogens with zero attached hydrogens (tertiary/aromatic N) is 2. The van der Waals surface area contributed by atoms with Crippen LogP contribution in [0.2, 0.25) is 0 Å². The molecule has 2 heterocycles. The van der Waals surface area contributed by atoms with E-state index < -0.39 is 35.4 Å². The van der Waals surface area contributed by atoms with Gasteiger partial charge in [0.2, 0.25) is 0 Å². The van der Waals surface area contributed by atoms with Crippen molar-refractivity contribution in [1.82, 2.24) is 9.80 Å². The number of halogens is 6. The molecule has 4 nitrogen and oxygen atoms in total. The lowest BCUT2D eigenvalue weighted by molar-refractivity contribution is -0.275. The molecule has 2 unspecified atom stereocenters. The van der Waals surface area contributed by atoms with Crippen molar-refractivity contribution in [3.05, 3.63) is 12.2 Å². The summed E-state index contributed by atoms with van der Waals surface area (Å²) in [6.45, 7) is 4.73. The second kappa shape index (κ2) is 9.34. The number of likely N-dealkylation sites (tertiary alicyclic amines) is 2. The number of piperidine rings is 2. The fourth-order valence-electron chi connectivity index (χ4n) is 4.27. The van der Waals surface area contributed by atoms with Crippen molar-refractivity contribution in [2.24, 2.45) is 11.8 Å². The highest BCUT2D eigenvalue weighted by molar-refractivity contribution is 4.96. The van der Waals surface area contributed by atoms with E-state index >= 15 is 0 Å². The molecular formula is C20H32F6N2O2. The highest BCUT2D eigenvalue weighted by Gasteiger charge is 2.55. The molecule has 0 aromatic heterocycles. The lowest BCUT2D eigenvalue weighted by Gasteiger charge is -2.40. The van der Waals surface area contributed by atoms with Crippen LogP contribution in [0.15, 0.2) is 12.2 Å². The number of hydrogen-bond acceptors (Lipinski definition) is 4. The molecule has 2 N–H and O–H groups in total. The Morgan fingerprint density at radius 1 is 0.667 bits per heavy atom. The van der Waals surface area contributed by atoms with Crippen molar-refractivity contribution in [3.63, 3.8) is 0 Å². The molecule has 0 saturated carbocycles. The Hall–Kier alpha value is -0.840. The SMILES string of the molecule is CC(O)(C1CCN(C/C=C/CN2CCC(C(C)(O)C(F)(F)F)CC2)CC1)C(F)(F)F. The standard InChI is InChI=1S/C20H32F6N2O2/c1-17(29,19(21,22)23)15-5-11-27(12-6-15)9-3-4-10-28-13-7-16(8-14-28)18(2,30)20(24,25)26/h3-4,15-16,29-30H,5-14H2,1-2H3/b4-3+. The fourth-order valence-corrected chi connectivity index (χ4v) is 4.27. The molecule has 0 aromatic rings. The minimum absolute atomic E-state index is 0.271. The molecule has 0 amide bonds. The van der Waals surface area contributed by atoms with Crippen LogP contribution in [0.25, 0.3) is 0 Å². The minimum atomic E-state index is -4.64. The van der Waals surface area contributed by atoms with Gasteiger partial charge in [0.05, 0.1) is 0 Å². The second-order valence-electron chi connectivity index (χ2n) is 8.91. The number of hydrogen-bond donors (Lipinski definition) is 2. The third-order valence-electron chi connectivity index (χ3n) is 6.81. The van der Waals surface area contributed by atoms with E-state index in [-0.39, 0.29) is 25.7 Å². The summed E-state index contributed by atoms with van der Waals surface area (Å²) in [5.41, 5.74) is -5.34. The first-order valence-corrected chi connectivity index (χ1v) is 10.3. The van der Waals surface area contributed by atoms with Crippen molar-refractivity contribution < 1.29 is 36.6 Å². The smallest absolute Gasteiger partial charge is 0.380 e. The zero-order valence-electron chi connectivity index (χ0n) is 17.4. The van der Waals surface area contributed by atoms with Crippen LogP contribution < -0.4 is 0 Å². The minimum Gasteiger partial charge on any atom is -0.380 e. The molecule has 0 spiro atoms. The largest absolute Gasteiger partial charge is 0.417 e. The number of rotatable bonds is 6. The van der Waals surface area contributed by atoms with Gasteiger partial charge in [0.1, 0.15) is 0 Å². The van der Waals surface area contributed by atoms with Crippen molar-refractivity contribution in [2.45, 2.75) is 63.1 Å². The summed E-state index contributed by atoms with van der Waals surface area (Å²) in [6, 6.07) is 0. The van der Waals surface area contributed by atoms with Crippen LogP contribution in [0.4, 0.5) is 26.3 Å². The van der Waals surface area contributed by atoms with Crippen molar-refractivity contribution in [1.29, 1.82) is 0 Å². The van der Waals surface area contributed by atoms with Gasteiger partial charge in [-0.05, 0) is 77.5 Å². The van der Waals surface area contributed by atoms with Gasteiger partial charge in [-0.3, -0.25) is 9.80 Å². The Labute approximate surface area is 173 Å². The Kier molecular flexibility index (Phi) is 7.91. The van der Waals surface area contributed by atoms with Crippen LogP contribution in [0.5, 0.6) is 0 Å². The van der Waals surface area contributed by atoms with Gasteiger partial charge in [0.25, 0.3) is 0 Å². The number of aliphatic hydroxyl groups is 2. The quantitative estimate of drug-likeness (QED) is 0.484. The van der Waals surface area contributed by atoms with Crippen LogP contribution >= 0.6 is 0 Å². The summed E-state index contributed by atoms with van der Waals surface area (Å²) in [5.74, 6) is -1.62. The van der Waals surface area contributed by atoms with E-state index in [0.717, 1.165) is 13.8 Å². The van der Waals surface area contributed by atoms with Gasteiger partial charge in [-0.15, -0.1) is 0 Å². The maximum absolute atomic E-state index is 12.9. The van der Waals surface area contributed by atoms with Crippen LogP contribution in [-0.2, 0) is 0 Å². The third kappa shape index (κ3) is 5.89. The third-order valence-corrected chi connectivity index (χ3v) is 6.81. The normalized spacial score (nSPS) is 26.1. The molecule has 176 valence electrons.